The van der Waals surface area contributed by atoms with Crippen molar-refractivity contribution in [2.45, 2.75) is 33.1 Å². The van der Waals surface area contributed by atoms with E-state index in [1.165, 1.54) is 0 Å². The summed E-state index contributed by atoms with van der Waals surface area (Å²) in [6, 6.07) is 0. The van der Waals surface area contributed by atoms with Crippen LogP contribution in [0, 0.1) is 5.41 Å². The molecule has 102 valence electrons. The summed E-state index contributed by atoms with van der Waals surface area (Å²) in [5.41, 5.74) is -0.368. The maximum atomic E-state index is 11.1. The molecule has 4 nitrogen and oxygen atoms in total. The van der Waals surface area contributed by atoms with E-state index in [1.807, 2.05) is 6.92 Å². The van der Waals surface area contributed by atoms with Gasteiger partial charge in [-0.05, 0) is 6.42 Å². The summed E-state index contributed by atoms with van der Waals surface area (Å²) in [5.74, 6) is -0.930. The SMILES string of the molecule is C=CC(=O)OCC(C)(CCCC)COC(=O)C=C. The lowest BCUT2D eigenvalue weighted by molar-refractivity contribution is -0.147. The van der Waals surface area contributed by atoms with E-state index in [2.05, 4.69) is 20.1 Å². The molecule has 0 heterocycles. The van der Waals surface area contributed by atoms with Gasteiger partial charge in [-0.2, -0.15) is 0 Å². The van der Waals surface area contributed by atoms with Crippen molar-refractivity contribution in [1.29, 1.82) is 0 Å². The average molecular weight is 254 g/mol. The first-order chi connectivity index (χ1) is 8.47. The van der Waals surface area contributed by atoms with Crippen molar-refractivity contribution in [3.63, 3.8) is 0 Å². The molecule has 0 rings (SSSR count). The first kappa shape index (κ1) is 16.4. The predicted octanol–water partition coefficient (Wildman–Crippen LogP) is 2.64. The number of hydrogen-bond acceptors (Lipinski definition) is 4. The van der Waals surface area contributed by atoms with Crippen LogP contribution in [0.15, 0.2) is 25.3 Å². The molecule has 0 aliphatic heterocycles. The fraction of sp³-hybridized carbons (Fsp3) is 0.571. The molecule has 0 saturated carbocycles. The second kappa shape index (κ2) is 8.50. The van der Waals surface area contributed by atoms with Gasteiger partial charge in [-0.25, -0.2) is 9.59 Å². The molecule has 0 saturated heterocycles. The molecule has 4 heteroatoms. The highest BCUT2D eigenvalue weighted by molar-refractivity contribution is 5.81. The van der Waals surface area contributed by atoms with E-state index in [1.54, 1.807) is 0 Å². The second-order valence-electron chi connectivity index (χ2n) is 4.54. The van der Waals surface area contributed by atoms with E-state index in [0.717, 1.165) is 31.4 Å². The van der Waals surface area contributed by atoms with Crippen LogP contribution >= 0.6 is 0 Å². The molecular weight excluding hydrogens is 232 g/mol. The monoisotopic (exact) mass is 254 g/mol. The minimum Gasteiger partial charge on any atom is -0.462 e. The summed E-state index contributed by atoms with van der Waals surface area (Å²) < 4.78 is 10.1. The third-order valence-corrected chi connectivity index (χ3v) is 2.59. The van der Waals surface area contributed by atoms with Crippen LogP contribution in [-0.4, -0.2) is 25.2 Å². The van der Waals surface area contributed by atoms with Crippen LogP contribution in [0.4, 0.5) is 0 Å². The molecule has 18 heavy (non-hydrogen) atoms. The fourth-order valence-electron chi connectivity index (χ4n) is 1.40. The van der Waals surface area contributed by atoms with Crippen molar-refractivity contribution in [1.82, 2.24) is 0 Å². The summed E-state index contributed by atoms with van der Waals surface area (Å²) in [5, 5.41) is 0. The summed E-state index contributed by atoms with van der Waals surface area (Å²) in [6.45, 7) is 11.1. The Bertz CT molecular complexity index is 283. The molecule has 0 radical (unpaired) electrons. The zero-order chi connectivity index (χ0) is 14.0. The highest BCUT2D eigenvalue weighted by Crippen LogP contribution is 2.25. The summed E-state index contributed by atoms with van der Waals surface area (Å²) in [7, 11) is 0. The molecular formula is C14H22O4. The van der Waals surface area contributed by atoms with E-state index in [-0.39, 0.29) is 18.6 Å². The van der Waals surface area contributed by atoms with Gasteiger partial charge in [0.15, 0.2) is 0 Å². The number of carbonyl (C=O) groups is 2. The topological polar surface area (TPSA) is 52.6 Å². The number of carbonyl (C=O) groups excluding carboxylic acids is 2. The molecule has 0 atom stereocenters. The van der Waals surface area contributed by atoms with Crippen molar-refractivity contribution in [2.24, 2.45) is 5.41 Å². The average Bonchev–Trinajstić information content (AvgIpc) is 2.40. The fourth-order valence-corrected chi connectivity index (χ4v) is 1.40. The lowest BCUT2D eigenvalue weighted by atomic mass is 9.86. The van der Waals surface area contributed by atoms with Crippen LogP contribution in [0.3, 0.4) is 0 Å². The number of ether oxygens (including phenoxy) is 2. The first-order valence-electron chi connectivity index (χ1n) is 6.06. The van der Waals surface area contributed by atoms with Gasteiger partial charge in [-0.1, -0.05) is 39.8 Å². The number of hydrogen-bond donors (Lipinski definition) is 0. The maximum absolute atomic E-state index is 11.1. The predicted molar refractivity (Wildman–Crippen MR) is 69.9 cm³/mol. The molecule has 0 aromatic carbocycles. The normalized spacial score (nSPS) is 10.6. The quantitative estimate of drug-likeness (QED) is 0.469. The standard InChI is InChI=1S/C14H22O4/c1-5-8-9-14(4,10-17-12(15)6-2)11-18-13(16)7-3/h6-7H,2-3,5,8-11H2,1,4H3. The number of esters is 2. The van der Waals surface area contributed by atoms with Crippen molar-refractivity contribution >= 4 is 11.9 Å². The molecule has 0 bridgehead atoms. The molecule has 0 spiro atoms. The van der Waals surface area contributed by atoms with Gasteiger partial charge < -0.3 is 9.47 Å². The molecule has 0 aliphatic rings. The zero-order valence-corrected chi connectivity index (χ0v) is 11.2. The minimum absolute atomic E-state index is 0.211. The van der Waals surface area contributed by atoms with E-state index < -0.39 is 11.9 Å². The van der Waals surface area contributed by atoms with Crippen LogP contribution < -0.4 is 0 Å². The van der Waals surface area contributed by atoms with E-state index in [9.17, 15) is 9.59 Å². The molecule has 0 aromatic heterocycles. The summed E-state index contributed by atoms with van der Waals surface area (Å²) >= 11 is 0. The molecule has 0 N–H and O–H groups in total. The summed E-state index contributed by atoms with van der Waals surface area (Å²) in [6.07, 6.45) is 5.07. The van der Waals surface area contributed by atoms with Gasteiger partial charge in [0.05, 0.1) is 0 Å². The van der Waals surface area contributed by atoms with Gasteiger partial charge in [0.2, 0.25) is 0 Å². The van der Waals surface area contributed by atoms with Gasteiger partial charge in [0.25, 0.3) is 0 Å². The minimum atomic E-state index is -0.465. The van der Waals surface area contributed by atoms with Crippen molar-refractivity contribution in [3.8, 4) is 0 Å². The van der Waals surface area contributed by atoms with Gasteiger partial charge in [0.1, 0.15) is 13.2 Å². The van der Waals surface area contributed by atoms with Crippen LogP contribution in [0.25, 0.3) is 0 Å². The maximum Gasteiger partial charge on any atom is 0.330 e. The Hall–Kier alpha value is -1.58. The Balaban J connectivity index is 4.39. The first-order valence-corrected chi connectivity index (χ1v) is 6.06. The smallest absolute Gasteiger partial charge is 0.330 e. The Labute approximate surface area is 109 Å². The van der Waals surface area contributed by atoms with Gasteiger partial charge >= 0.3 is 11.9 Å². The lowest BCUT2D eigenvalue weighted by Gasteiger charge is -2.28. The zero-order valence-electron chi connectivity index (χ0n) is 11.2. The highest BCUT2D eigenvalue weighted by Gasteiger charge is 2.27. The van der Waals surface area contributed by atoms with E-state index >= 15 is 0 Å². The molecule has 0 fully saturated rings. The Kier molecular flexibility index (Phi) is 7.76. The Morgan fingerprint density at radius 3 is 1.89 bits per heavy atom. The summed E-state index contributed by atoms with van der Waals surface area (Å²) in [4.78, 5) is 22.1. The second-order valence-corrected chi connectivity index (χ2v) is 4.54. The van der Waals surface area contributed by atoms with E-state index in [0.29, 0.717) is 0 Å². The largest absolute Gasteiger partial charge is 0.462 e. The number of unbranched alkanes of at least 4 members (excludes halogenated alkanes) is 1. The molecule has 0 aromatic rings. The lowest BCUT2D eigenvalue weighted by Crippen LogP contribution is -2.31. The van der Waals surface area contributed by atoms with Gasteiger partial charge in [0, 0.05) is 17.6 Å². The van der Waals surface area contributed by atoms with Gasteiger partial charge in [-0.3, -0.25) is 0 Å². The van der Waals surface area contributed by atoms with Crippen LogP contribution in [0.1, 0.15) is 33.1 Å². The third kappa shape index (κ3) is 6.89. The molecule has 0 amide bonds. The number of rotatable bonds is 9. The third-order valence-electron chi connectivity index (χ3n) is 2.59. The van der Waals surface area contributed by atoms with E-state index in [4.69, 9.17) is 9.47 Å². The molecule has 0 aliphatic carbocycles. The van der Waals surface area contributed by atoms with Crippen LogP contribution in [0.2, 0.25) is 0 Å². The van der Waals surface area contributed by atoms with Crippen molar-refractivity contribution in [2.75, 3.05) is 13.2 Å². The van der Waals surface area contributed by atoms with Crippen LogP contribution in [0.5, 0.6) is 0 Å². The highest BCUT2D eigenvalue weighted by atomic mass is 16.5. The van der Waals surface area contributed by atoms with Gasteiger partial charge in [-0.15, -0.1) is 0 Å². The Morgan fingerprint density at radius 2 is 1.56 bits per heavy atom. The Morgan fingerprint density at radius 1 is 1.11 bits per heavy atom. The molecule has 0 unspecified atom stereocenters. The van der Waals surface area contributed by atoms with Crippen LogP contribution in [-0.2, 0) is 19.1 Å². The van der Waals surface area contributed by atoms with Crippen molar-refractivity contribution < 1.29 is 19.1 Å². The van der Waals surface area contributed by atoms with Crippen molar-refractivity contribution in [3.05, 3.63) is 25.3 Å².